The highest BCUT2D eigenvalue weighted by atomic mass is 19.2. The first kappa shape index (κ1) is 12.1. The van der Waals surface area contributed by atoms with Crippen molar-refractivity contribution in [3.63, 3.8) is 0 Å². The Balaban J connectivity index is 2.18. The number of carbonyl (C=O) groups excluding carboxylic acids is 1. The number of carbonyl (C=O) groups is 1. The van der Waals surface area contributed by atoms with E-state index in [1.165, 1.54) is 0 Å². The Bertz CT molecular complexity index is 417. The predicted octanol–water partition coefficient (Wildman–Crippen LogP) is 1.18. The molecule has 0 saturated carbocycles. The molecule has 0 bridgehead atoms. The molecule has 17 heavy (non-hydrogen) atoms. The van der Waals surface area contributed by atoms with Crippen LogP contribution in [0.4, 0.5) is 8.78 Å². The number of benzene rings is 1. The van der Waals surface area contributed by atoms with Gasteiger partial charge in [0, 0.05) is 38.3 Å². The van der Waals surface area contributed by atoms with Crippen molar-refractivity contribution in [1.29, 1.82) is 0 Å². The van der Waals surface area contributed by atoms with Gasteiger partial charge >= 0.3 is 0 Å². The van der Waals surface area contributed by atoms with Crippen molar-refractivity contribution in [1.82, 2.24) is 10.2 Å². The number of rotatable bonds is 3. The minimum absolute atomic E-state index is 0.224. The van der Waals surface area contributed by atoms with Crippen molar-refractivity contribution < 1.29 is 13.6 Å². The number of hydrogen-bond donors (Lipinski definition) is 1. The molecule has 1 aliphatic rings. The smallest absolute Gasteiger partial charge is 0.159 e. The van der Waals surface area contributed by atoms with E-state index in [1.807, 2.05) is 0 Å². The van der Waals surface area contributed by atoms with Crippen molar-refractivity contribution in [3.05, 3.63) is 34.9 Å². The van der Waals surface area contributed by atoms with E-state index in [2.05, 4.69) is 10.2 Å². The number of aldehydes is 1. The molecule has 3 nitrogen and oxygen atoms in total. The zero-order chi connectivity index (χ0) is 12.3. The van der Waals surface area contributed by atoms with Crippen LogP contribution in [0.15, 0.2) is 12.1 Å². The summed E-state index contributed by atoms with van der Waals surface area (Å²) in [6.45, 7) is 3.92. The maximum atomic E-state index is 13.1. The Morgan fingerprint density at radius 3 is 2.53 bits per heavy atom. The van der Waals surface area contributed by atoms with Crippen molar-refractivity contribution in [2.45, 2.75) is 6.54 Å². The van der Waals surface area contributed by atoms with Crippen LogP contribution in [0.5, 0.6) is 0 Å². The number of hydrogen-bond acceptors (Lipinski definition) is 3. The number of nitrogens with zero attached hydrogens (tertiary/aromatic N) is 1. The normalized spacial score (nSPS) is 17.1. The van der Waals surface area contributed by atoms with Crippen LogP contribution >= 0.6 is 0 Å². The molecule has 1 aromatic carbocycles. The number of piperazine rings is 1. The Labute approximate surface area is 98.4 Å². The number of halogens is 2. The lowest BCUT2D eigenvalue weighted by molar-refractivity contribution is 0.112. The first-order valence-corrected chi connectivity index (χ1v) is 5.57. The minimum Gasteiger partial charge on any atom is -0.314 e. The summed E-state index contributed by atoms with van der Waals surface area (Å²) in [4.78, 5) is 12.9. The minimum atomic E-state index is -0.976. The van der Waals surface area contributed by atoms with Gasteiger partial charge in [0.1, 0.15) is 6.29 Å². The highest BCUT2D eigenvalue weighted by molar-refractivity contribution is 5.77. The summed E-state index contributed by atoms with van der Waals surface area (Å²) in [5.74, 6) is -1.88. The van der Waals surface area contributed by atoms with E-state index in [9.17, 15) is 13.6 Å². The Morgan fingerprint density at radius 1 is 1.24 bits per heavy atom. The summed E-state index contributed by atoms with van der Waals surface area (Å²) in [7, 11) is 0. The van der Waals surface area contributed by atoms with E-state index < -0.39 is 11.6 Å². The molecule has 92 valence electrons. The van der Waals surface area contributed by atoms with Crippen LogP contribution in [-0.2, 0) is 6.54 Å². The van der Waals surface area contributed by atoms with Gasteiger partial charge in [0.2, 0.25) is 0 Å². The standard InChI is InChI=1S/C12H14F2N2O/c13-11-5-9(10(8-17)6-12(11)14)7-16-3-1-15-2-4-16/h5-6,8,15H,1-4,7H2. The molecular weight excluding hydrogens is 226 g/mol. The van der Waals surface area contributed by atoms with Gasteiger partial charge in [-0.2, -0.15) is 0 Å². The topological polar surface area (TPSA) is 32.3 Å². The maximum absolute atomic E-state index is 13.1. The fourth-order valence-electron chi connectivity index (χ4n) is 1.96. The highest BCUT2D eigenvalue weighted by Gasteiger charge is 2.14. The van der Waals surface area contributed by atoms with Crippen LogP contribution in [0.2, 0.25) is 0 Å². The predicted molar refractivity (Wildman–Crippen MR) is 59.9 cm³/mol. The third kappa shape index (κ3) is 2.87. The largest absolute Gasteiger partial charge is 0.314 e. The first-order chi connectivity index (χ1) is 8.20. The van der Waals surface area contributed by atoms with Crippen LogP contribution in [0.1, 0.15) is 15.9 Å². The van der Waals surface area contributed by atoms with Gasteiger partial charge in [0.15, 0.2) is 11.6 Å². The highest BCUT2D eigenvalue weighted by Crippen LogP contribution is 2.16. The summed E-state index contributed by atoms with van der Waals surface area (Å²) in [5, 5.41) is 3.20. The summed E-state index contributed by atoms with van der Waals surface area (Å²) in [5.41, 5.74) is 0.767. The van der Waals surface area contributed by atoms with E-state index in [4.69, 9.17) is 0 Å². The molecule has 1 heterocycles. The summed E-state index contributed by atoms with van der Waals surface area (Å²) >= 11 is 0. The Morgan fingerprint density at radius 2 is 1.88 bits per heavy atom. The monoisotopic (exact) mass is 240 g/mol. The second-order valence-corrected chi connectivity index (χ2v) is 4.11. The van der Waals surface area contributed by atoms with Crippen LogP contribution in [0.3, 0.4) is 0 Å². The average molecular weight is 240 g/mol. The van der Waals surface area contributed by atoms with Crippen LogP contribution < -0.4 is 5.32 Å². The maximum Gasteiger partial charge on any atom is 0.159 e. The molecule has 0 aromatic heterocycles. The second kappa shape index (κ2) is 5.33. The summed E-state index contributed by atoms with van der Waals surface area (Å²) in [6, 6.07) is 2.07. The lowest BCUT2D eigenvalue weighted by Crippen LogP contribution is -2.43. The fourth-order valence-corrected chi connectivity index (χ4v) is 1.96. The van der Waals surface area contributed by atoms with E-state index in [0.717, 1.165) is 38.3 Å². The van der Waals surface area contributed by atoms with Crippen LogP contribution in [0.25, 0.3) is 0 Å². The molecule has 0 spiro atoms. The molecule has 5 heteroatoms. The van der Waals surface area contributed by atoms with Gasteiger partial charge in [-0.05, 0) is 17.7 Å². The molecule has 0 amide bonds. The molecule has 1 aliphatic heterocycles. The molecule has 1 N–H and O–H groups in total. The van der Waals surface area contributed by atoms with Crippen LogP contribution in [0, 0.1) is 11.6 Å². The fraction of sp³-hybridized carbons (Fsp3) is 0.417. The lowest BCUT2D eigenvalue weighted by Gasteiger charge is -2.27. The SMILES string of the molecule is O=Cc1cc(F)c(F)cc1CN1CCNCC1. The van der Waals surface area contributed by atoms with Gasteiger partial charge < -0.3 is 5.32 Å². The molecule has 1 saturated heterocycles. The van der Waals surface area contributed by atoms with Crippen molar-refractivity contribution >= 4 is 6.29 Å². The van der Waals surface area contributed by atoms with Crippen molar-refractivity contribution in [3.8, 4) is 0 Å². The van der Waals surface area contributed by atoms with Gasteiger partial charge in [-0.3, -0.25) is 9.69 Å². The summed E-state index contributed by atoms with van der Waals surface area (Å²) in [6.07, 6.45) is 0.569. The molecule has 0 atom stereocenters. The van der Waals surface area contributed by atoms with Crippen molar-refractivity contribution in [2.24, 2.45) is 0 Å². The molecular formula is C12H14F2N2O. The summed E-state index contributed by atoms with van der Waals surface area (Å²) < 4.78 is 26.1. The van der Waals surface area contributed by atoms with Gasteiger partial charge in [0.25, 0.3) is 0 Å². The third-order valence-electron chi connectivity index (χ3n) is 2.91. The van der Waals surface area contributed by atoms with E-state index in [-0.39, 0.29) is 5.56 Å². The second-order valence-electron chi connectivity index (χ2n) is 4.11. The lowest BCUT2D eigenvalue weighted by atomic mass is 10.1. The molecule has 2 rings (SSSR count). The zero-order valence-electron chi connectivity index (χ0n) is 9.38. The first-order valence-electron chi connectivity index (χ1n) is 5.57. The van der Waals surface area contributed by atoms with Gasteiger partial charge in [-0.25, -0.2) is 8.78 Å². The average Bonchev–Trinajstić information content (AvgIpc) is 2.35. The Hall–Kier alpha value is -1.33. The van der Waals surface area contributed by atoms with Crippen LogP contribution in [-0.4, -0.2) is 37.4 Å². The molecule has 0 radical (unpaired) electrons. The zero-order valence-corrected chi connectivity index (χ0v) is 9.38. The molecule has 1 aromatic rings. The Kier molecular flexibility index (Phi) is 3.81. The van der Waals surface area contributed by atoms with E-state index in [1.54, 1.807) is 0 Å². The molecule has 1 fully saturated rings. The van der Waals surface area contributed by atoms with E-state index in [0.29, 0.717) is 18.4 Å². The molecule has 0 unspecified atom stereocenters. The van der Waals surface area contributed by atoms with Gasteiger partial charge in [0.05, 0.1) is 0 Å². The quantitative estimate of drug-likeness (QED) is 0.805. The van der Waals surface area contributed by atoms with Crippen molar-refractivity contribution in [2.75, 3.05) is 26.2 Å². The molecule has 0 aliphatic carbocycles. The number of nitrogens with one attached hydrogen (secondary N) is 1. The van der Waals surface area contributed by atoms with E-state index >= 15 is 0 Å². The third-order valence-corrected chi connectivity index (χ3v) is 2.91. The van der Waals surface area contributed by atoms with Gasteiger partial charge in [-0.1, -0.05) is 0 Å². The van der Waals surface area contributed by atoms with Gasteiger partial charge in [-0.15, -0.1) is 0 Å².